The fourth-order valence-electron chi connectivity index (χ4n) is 1.59. The van der Waals surface area contributed by atoms with Gasteiger partial charge in [-0.2, -0.15) is 0 Å². The molecule has 0 rings (SSSR count). The number of unbranched alkanes of at least 4 members (excludes halogenated alkanes) is 7. The Bertz CT molecular complexity index is 157. The van der Waals surface area contributed by atoms with Gasteiger partial charge in [0.1, 0.15) is 0 Å². The Morgan fingerprint density at radius 1 is 1.00 bits per heavy atom. The van der Waals surface area contributed by atoms with Crippen LogP contribution in [0, 0.1) is 0 Å². The lowest BCUT2D eigenvalue weighted by Crippen LogP contribution is -2.07. The van der Waals surface area contributed by atoms with E-state index in [1.807, 2.05) is 0 Å². The largest absolute Gasteiger partial charge is 0.466 e. The van der Waals surface area contributed by atoms with Crippen molar-refractivity contribution < 1.29 is 14.6 Å². The summed E-state index contributed by atoms with van der Waals surface area (Å²) in [7, 11) is 0. The molecule has 0 saturated carbocycles. The fourth-order valence-corrected chi connectivity index (χ4v) is 1.59. The first-order valence-electron chi connectivity index (χ1n) is 6.57. The average molecular weight is 230 g/mol. The number of aliphatic hydroxyl groups excluding tert-OH is 1. The van der Waals surface area contributed by atoms with E-state index in [9.17, 15) is 4.79 Å². The van der Waals surface area contributed by atoms with Gasteiger partial charge < -0.3 is 9.84 Å². The molecule has 0 spiro atoms. The summed E-state index contributed by atoms with van der Waals surface area (Å²) in [5, 5.41) is 8.48. The topological polar surface area (TPSA) is 46.5 Å². The van der Waals surface area contributed by atoms with Crippen LogP contribution in [0.15, 0.2) is 0 Å². The molecule has 0 aromatic heterocycles. The number of rotatable bonds is 11. The third kappa shape index (κ3) is 11.5. The normalized spacial score (nSPS) is 10.4. The molecular formula is C13H26O3. The standard InChI is InChI=1S/C13H26O3/c1-2-3-4-5-6-7-8-9-12-16-13(15)10-11-14/h14H,2-12H2,1H3. The van der Waals surface area contributed by atoms with Crippen LogP contribution in [-0.2, 0) is 9.53 Å². The number of aliphatic hydroxyl groups is 1. The SMILES string of the molecule is CCCCCCCCCCOC(=O)CCO. The van der Waals surface area contributed by atoms with Gasteiger partial charge in [-0.15, -0.1) is 0 Å². The van der Waals surface area contributed by atoms with E-state index in [0.29, 0.717) is 6.61 Å². The van der Waals surface area contributed by atoms with Gasteiger partial charge in [-0.3, -0.25) is 4.79 Å². The van der Waals surface area contributed by atoms with Gasteiger partial charge >= 0.3 is 5.97 Å². The Kier molecular flexibility index (Phi) is 12.1. The molecule has 16 heavy (non-hydrogen) atoms. The molecule has 0 radical (unpaired) electrons. The monoisotopic (exact) mass is 230 g/mol. The summed E-state index contributed by atoms with van der Waals surface area (Å²) < 4.78 is 4.93. The fraction of sp³-hybridized carbons (Fsp3) is 0.923. The lowest BCUT2D eigenvalue weighted by molar-refractivity contribution is -0.144. The lowest BCUT2D eigenvalue weighted by Gasteiger charge is -2.03. The molecule has 0 fully saturated rings. The van der Waals surface area contributed by atoms with Crippen molar-refractivity contribution in [3.63, 3.8) is 0 Å². The molecule has 0 aliphatic heterocycles. The third-order valence-electron chi connectivity index (χ3n) is 2.58. The zero-order valence-electron chi connectivity index (χ0n) is 10.5. The van der Waals surface area contributed by atoms with E-state index in [1.165, 1.54) is 38.5 Å². The second-order valence-corrected chi connectivity index (χ2v) is 4.17. The van der Waals surface area contributed by atoms with E-state index >= 15 is 0 Å². The van der Waals surface area contributed by atoms with Gasteiger partial charge in [0, 0.05) is 0 Å². The summed E-state index contributed by atoms with van der Waals surface area (Å²) in [6.45, 7) is 2.62. The quantitative estimate of drug-likeness (QED) is 0.438. The van der Waals surface area contributed by atoms with Crippen molar-refractivity contribution in [2.75, 3.05) is 13.2 Å². The van der Waals surface area contributed by atoms with Crippen molar-refractivity contribution in [2.45, 2.75) is 64.7 Å². The molecule has 0 aliphatic carbocycles. The second-order valence-electron chi connectivity index (χ2n) is 4.17. The number of hydrogen-bond donors (Lipinski definition) is 1. The zero-order valence-corrected chi connectivity index (χ0v) is 10.5. The molecular weight excluding hydrogens is 204 g/mol. The maximum Gasteiger partial charge on any atom is 0.308 e. The highest BCUT2D eigenvalue weighted by Gasteiger charge is 2.00. The van der Waals surface area contributed by atoms with E-state index in [-0.39, 0.29) is 19.0 Å². The van der Waals surface area contributed by atoms with Gasteiger partial charge in [0.2, 0.25) is 0 Å². The summed E-state index contributed by atoms with van der Waals surface area (Å²) in [5.41, 5.74) is 0. The Labute approximate surface area is 99.2 Å². The van der Waals surface area contributed by atoms with Crippen molar-refractivity contribution in [1.29, 1.82) is 0 Å². The summed E-state index contributed by atoms with van der Waals surface area (Å²) in [6, 6.07) is 0. The first kappa shape index (κ1) is 15.4. The first-order valence-corrected chi connectivity index (χ1v) is 6.57. The van der Waals surface area contributed by atoms with Crippen LogP contribution in [0.4, 0.5) is 0 Å². The Balaban J connectivity index is 3.01. The summed E-state index contributed by atoms with van der Waals surface area (Å²) >= 11 is 0. The van der Waals surface area contributed by atoms with Crippen LogP contribution < -0.4 is 0 Å². The van der Waals surface area contributed by atoms with Crippen LogP contribution in [-0.4, -0.2) is 24.3 Å². The predicted octanol–water partition coefficient (Wildman–Crippen LogP) is 3.05. The van der Waals surface area contributed by atoms with E-state index in [1.54, 1.807) is 0 Å². The molecule has 0 bridgehead atoms. The second kappa shape index (κ2) is 12.5. The molecule has 0 amide bonds. The van der Waals surface area contributed by atoms with Crippen molar-refractivity contribution >= 4 is 5.97 Å². The van der Waals surface area contributed by atoms with Crippen molar-refractivity contribution in [3.8, 4) is 0 Å². The summed E-state index contributed by atoms with van der Waals surface area (Å²) in [4.78, 5) is 10.9. The highest BCUT2D eigenvalue weighted by atomic mass is 16.5. The minimum absolute atomic E-state index is 0.115. The lowest BCUT2D eigenvalue weighted by atomic mass is 10.1. The van der Waals surface area contributed by atoms with Gasteiger partial charge in [-0.25, -0.2) is 0 Å². The van der Waals surface area contributed by atoms with Gasteiger partial charge in [-0.1, -0.05) is 51.9 Å². The van der Waals surface area contributed by atoms with Crippen LogP contribution in [0.5, 0.6) is 0 Å². The maximum atomic E-state index is 10.9. The van der Waals surface area contributed by atoms with Gasteiger partial charge in [0.25, 0.3) is 0 Å². The summed E-state index contributed by atoms with van der Waals surface area (Å²) in [5.74, 6) is -0.287. The molecule has 0 aromatic carbocycles. The van der Waals surface area contributed by atoms with Crippen LogP contribution in [0.25, 0.3) is 0 Å². The predicted molar refractivity (Wildman–Crippen MR) is 65.3 cm³/mol. The highest BCUT2D eigenvalue weighted by molar-refractivity contribution is 5.69. The van der Waals surface area contributed by atoms with Gasteiger partial charge in [0.15, 0.2) is 0 Å². The minimum atomic E-state index is -0.287. The maximum absolute atomic E-state index is 10.9. The van der Waals surface area contributed by atoms with E-state index in [0.717, 1.165) is 12.8 Å². The molecule has 96 valence electrons. The third-order valence-corrected chi connectivity index (χ3v) is 2.58. The molecule has 0 saturated heterocycles. The van der Waals surface area contributed by atoms with Crippen LogP contribution in [0.2, 0.25) is 0 Å². The molecule has 0 atom stereocenters. The smallest absolute Gasteiger partial charge is 0.308 e. The minimum Gasteiger partial charge on any atom is -0.466 e. The van der Waals surface area contributed by atoms with Crippen molar-refractivity contribution in [1.82, 2.24) is 0 Å². The Morgan fingerprint density at radius 2 is 1.56 bits per heavy atom. The number of hydrogen-bond acceptors (Lipinski definition) is 3. The van der Waals surface area contributed by atoms with Crippen LogP contribution in [0.3, 0.4) is 0 Å². The number of carbonyl (C=O) groups is 1. The molecule has 3 heteroatoms. The molecule has 0 aromatic rings. The number of carbonyl (C=O) groups excluding carboxylic acids is 1. The van der Waals surface area contributed by atoms with Gasteiger partial charge in [0.05, 0.1) is 19.6 Å². The highest BCUT2D eigenvalue weighted by Crippen LogP contribution is 2.08. The van der Waals surface area contributed by atoms with Crippen molar-refractivity contribution in [3.05, 3.63) is 0 Å². The molecule has 0 aliphatic rings. The first-order chi connectivity index (χ1) is 7.81. The Morgan fingerprint density at radius 3 is 2.12 bits per heavy atom. The molecule has 1 N–H and O–H groups in total. The number of ether oxygens (including phenoxy) is 1. The van der Waals surface area contributed by atoms with E-state index in [4.69, 9.17) is 9.84 Å². The molecule has 0 unspecified atom stereocenters. The van der Waals surface area contributed by atoms with Gasteiger partial charge in [-0.05, 0) is 6.42 Å². The average Bonchev–Trinajstić information content (AvgIpc) is 2.27. The summed E-state index contributed by atoms with van der Waals surface area (Å²) in [6.07, 6.45) is 10.1. The number of esters is 1. The van der Waals surface area contributed by atoms with E-state index in [2.05, 4.69) is 6.92 Å². The van der Waals surface area contributed by atoms with Crippen LogP contribution in [0.1, 0.15) is 64.7 Å². The zero-order chi connectivity index (χ0) is 12.1. The molecule has 0 heterocycles. The Hall–Kier alpha value is -0.570. The van der Waals surface area contributed by atoms with Crippen molar-refractivity contribution in [2.24, 2.45) is 0 Å². The van der Waals surface area contributed by atoms with Crippen LogP contribution >= 0.6 is 0 Å². The van der Waals surface area contributed by atoms with E-state index < -0.39 is 0 Å². The molecule has 3 nitrogen and oxygen atoms in total.